The van der Waals surface area contributed by atoms with Crippen molar-refractivity contribution in [2.75, 3.05) is 0 Å². The Morgan fingerprint density at radius 3 is 2.57 bits per heavy atom. The molecule has 0 saturated heterocycles. The molecule has 0 aliphatic carbocycles. The van der Waals surface area contributed by atoms with Gasteiger partial charge in [0, 0.05) is 22.7 Å². The van der Waals surface area contributed by atoms with E-state index in [-0.39, 0.29) is 22.2 Å². The van der Waals surface area contributed by atoms with Gasteiger partial charge < -0.3 is 10.5 Å². The number of benzene rings is 2. The summed E-state index contributed by atoms with van der Waals surface area (Å²) in [6, 6.07) is 7.37. The van der Waals surface area contributed by atoms with Crippen LogP contribution in [0.3, 0.4) is 0 Å². The number of nitro benzene ring substituents is 1. The van der Waals surface area contributed by atoms with E-state index in [1.165, 1.54) is 36.4 Å². The standard InChI is InChI=1S/C14H12ClFN2O3/c1-8(17)11-7-10(16)3-5-13(11)21-14-4-2-9(15)6-12(14)18(19)20/h2-8H,17H2,1H3/t8-/m0/s1. The smallest absolute Gasteiger partial charge is 0.313 e. The second-order valence-corrected chi connectivity index (χ2v) is 4.88. The van der Waals surface area contributed by atoms with Crippen LogP contribution >= 0.6 is 11.6 Å². The number of rotatable bonds is 4. The Labute approximate surface area is 125 Å². The summed E-state index contributed by atoms with van der Waals surface area (Å²) in [5.41, 5.74) is 5.90. The van der Waals surface area contributed by atoms with Crippen molar-refractivity contribution in [3.05, 3.63) is 62.9 Å². The summed E-state index contributed by atoms with van der Waals surface area (Å²) in [6.07, 6.45) is 0. The third kappa shape index (κ3) is 3.48. The van der Waals surface area contributed by atoms with E-state index in [1.54, 1.807) is 6.92 Å². The van der Waals surface area contributed by atoms with Crippen LogP contribution in [0, 0.1) is 15.9 Å². The van der Waals surface area contributed by atoms with Gasteiger partial charge in [0.2, 0.25) is 5.75 Å². The average molecular weight is 311 g/mol. The van der Waals surface area contributed by atoms with E-state index in [0.29, 0.717) is 5.56 Å². The van der Waals surface area contributed by atoms with E-state index in [1.807, 2.05) is 0 Å². The molecule has 2 N–H and O–H groups in total. The lowest BCUT2D eigenvalue weighted by Crippen LogP contribution is -2.07. The molecule has 0 aromatic heterocycles. The van der Waals surface area contributed by atoms with Gasteiger partial charge in [0.1, 0.15) is 11.6 Å². The number of halogens is 2. The molecule has 5 nitrogen and oxygen atoms in total. The Kier molecular flexibility index (Phi) is 4.40. The highest BCUT2D eigenvalue weighted by Gasteiger charge is 2.18. The Morgan fingerprint density at radius 2 is 1.95 bits per heavy atom. The summed E-state index contributed by atoms with van der Waals surface area (Å²) < 4.78 is 18.8. The van der Waals surface area contributed by atoms with Crippen molar-refractivity contribution < 1.29 is 14.1 Å². The lowest BCUT2D eigenvalue weighted by molar-refractivity contribution is -0.385. The molecular formula is C14H12ClFN2O3. The van der Waals surface area contributed by atoms with Crippen LogP contribution in [-0.4, -0.2) is 4.92 Å². The van der Waals surface area contributed by atoms with Crippen LogP contribution in [0.15, 0.2) is 36.4 Å². The number of ether oxygens (including phenoxy) is 1. The first-order chi connectivity index (χ1) is 9.88. The molecule has 2 aromatic carbocycles. The summed E-state index contributed by atoms with van der Waals surface area (Å²) in [6.45, 7) is 1.66. The maximum absolute atomic E-state index is 13.3. The van der Waals surface area contributed by atoms with E-state index in [2.05, 4.69) is 0 Å². The Bertz CT molecular complexity index is 692. The quantitative estimate of drug-likeness (QED) is 0.678. The predicted octanol–water partition coefficient (Wildman–Crippen LogP) is 4.20. The van der Waals surface area contributed by atoms with Gasteiger partial charge in [-0.2, -0.15) is 0 Å². The van der Waals surface area contributed by atoms with E-state index in [4.69, 9.17) is 22.1 Å². The van der Waals surface area contributed by atoms with E-state index in [9.17, 15) is 14.5 Å². The zero-order valence-corrected chi connectivity index (χ0v) is 11.8. The zero-order valence-electron chi connectivity index (χ0n) is 11.0. The summed E-state index contributed by atoms with van der Waals surface area (Å²) in [5.74, 6) is -0.185. The molecule has 1 atom stereocenters. The molecule has 0 saturated carbocycles. The van der Waals surface area contributed by atoms with Crippen LogP contribution in [0.25, 0.3) is 0 Å². The highest BCUT2D eigenvalue weighted by Crippen LogP contribution is 2.36. The lowest BCUT2D eigenvalue weighted by Gasteiger charge is -2.14. The van der Waals surface area contributed by atoms with Gasteiger partial charge >= 0.3 is 5.69 Å². The molecule has 0 bridgehead atoms. The van der Waals surface area contributed by atoms with Crippen LogP contribution in [0.1, 0.15) is 18.5 Å². The van der Waals surface area contributed by atoms with Gasteiger partial charge in [-0.15, -0.1) is 0 Å². The van der Waals surface area contributed by atoms with E-state index in [0.717, 1.165) is 0 Å². The fourth-order valence-corrected chi connectivity index (χ4v) is 1.97. The number of nitrogens with two attached hydrogens (primary N) is 1. The molecule has 110 valence electrons. The number of hydrogen-bond acceptors (Lipinski definition) is 4. The summed E-state index contributed by atoms with van der Waals surface area (Å²) in [7, 11) is 0. The second kappa shape index (κ2) is 6.07. The van der Waals surface area contributed by atoms with Gasteiger partial charge in [-0.1, -0.05) is 11.6 Å². The van der Waals surface area contributed by atoms with Crippen molar-refractivity contribution in [3.8, 4) is 11.5 Å². The maximum atomic E-state index is 13.3. The third-order valence-electron chi connectivity index (χ3n) is 2.80. The Hall–Kier alpha value is -2.18. The fourth-order valence-electron chi connectivity index (χ4n) is 1.81. The fraction of sp³-hybridized carbons (Fsp3) is 0.143. The minimum absolute atomic E-state index is 0.0120. The van der Waals surface area contributed by atoms with Gasteiger partial charge in [0.15, 0.2) is 0 Å². The third-order valence-corrected chi connectivity index (χ3v) is 3.04. The first kappa shape index (κ1) is 15.2. The first-order valence-corrected chi connectivity index (χ1v) is 6.43. The van der Waals surface area contributed by atoms with Crippen LogP contribution in [0.4, 0.5) is 10.1 Å². The average Bonchev–Trinajstić information content (AvgIpc) is 2.42. The monoisotopic (exact) mass is 310 g/mol. The molecule has 0 fully saturated rings. The van der Waals surface area contributed by atoms with Gasteiger partial charge in [0.25, 0.3) is 0 Å². The predicted molar refractivity (Wildman–Crippen MR) is 77.2 cm³/mol. The molecule has 0 aliphatic rings. The van der Waals surface area contributed by atoms with Crippen LogP contribution in [-0.2, 0) is 0 Å². The Morgan fingerprint density at radius 1 is 1.29 bits per heavy atom. The molecule has 0 heterocycles. The molecule has 0 spiro atoms. The Balaban J connectivity index is 2.46. The van der Waals surface area contributed by atoms with E-state index >= 15 is 0 Å². The molecule has 2 rings (SSSR count). The summed E-state index contributed by atoms with van der Waals surface area (Å²) in [5, 5.41) is 11.2. The largest absolute Gasteiger partial charge is 0.450 e. The van der Waals surface area contributed by atoms with Gasteiger partial charge in [-0.3, -0.25) is 10.1 Å². The van der Waals surface area contributed by atoms with Crippen molar-refractivity contribution in [2.24, 2.45) is 5.73 Å². The second-order valence-electron chi connectivity index (χ2n) is 4.44. The molecular weight excluding hydrogens is 299 g/mol. The van der Waals surface area contributed by atoms with Gasteiger partial charge in [0.05, 0.1) is 4.92 Å². The van der Waals surface area contributed by atoms with Crippen LogP contribution in [0.2, 0.25) is 5.02 Å². The highest BCUT2D eigenvalue weighted by atomic mass is 35.5. The minimum Gasteiger partial charge on any atom is -0.450 e. The summed E-state index contributed by atoms with van der Waals surface area (Å²) >= 11 is 5.74. The van der Waals surface area contributed by atoms with Crippen LogP contribution < -0.4 is 10.5 Å². The van der Waals surface area contributed by atoms with Crippen molar-refractivity contribution in [1.29, 1.82) is 0 Å². The van der Waals surface area contributed by atoms with Crippen molar-refractivity contribution in [3.63, 3.8) is 0 Å². The SMILES string of the molecule is C[C@H](N)c1cc(F)ccc1Oc1ccc(Cl)cc1[N+](=O)[O-]. The van der Waals surface area contributed by atoms with Crippen molar-refractivity contribution >= 4 is 17.3 Å². The number of hydrogen-bond donors (Lipinski definition) is 1. The zero-order chi connectivity index (χ0) is 15.6. The van der Waals surface area contributed by atoms with Crippen molar-refractivity contribution in [2.45, 2.75) is 13.0 Å². The van der Waals surface area contributed by atoms with Crippen molar-refractivity contribution in [1.82, 2.24) is 0 Å². The van der Waals surface area contributed by atoms with Gasteiger partial charge in [-0.25, -0.2) is 4.39 Å². The topological polar surface area (TPSA) is 78.4 Å². The maximum Gasteiger partial charge on any atom is 0.313 e. The lowest BCUT2D eigenvalue weighted by atomic mass is 10.1. The normalized spacial score (nSPS) is 12.0. The number of nitrogens with zero attached hydrogens (tertiary/aromatic N) is 1. The molecule has 21 heavy (non-hydrogen) atoms. The molecule has 0 radical (unpaired) electrons. The number of nitro groups is 1. The van der Waals surface area contributed by atoms with E-state index < -0.39 is 16.8 Å². The molecule has 7 heteroatoms. The minimum atomic E-state index is -0.601. The van der Waals surface area contributed by atoms with Gasteiger partial charge in [-0.05, 0) is 37.3 Å². The molecule has 0 amide bonds. The highest BCUT2D eigenvalue weighted by molar-refractivity contribution is 6.30. The summed E-state index contributed by atoms with van der Waals surface area (Å²) in [4.78, 5) is 10.4. The first-order valence-electron chi connectivity index (χ1n) is 6.05. The molecule has 2 aromatic rings. The van der Waals surface area contributed by atoms with Crippen LogP contribution in [0.5, 0.6) is 11.5 Å². The molecule has 0 aliphatic heterocycles. The molecule has 0 unspecified atom stereocenters.